The first-order chi connectivity index (χ1) is 7.67. The molecule has 1 rings (SSSR count). The minimum absolute atomic E-state index is 0.232. The van der Waals surface area contributed by atoms with Gasteiger partial charge in [0.15, 0.2) is 0 Å². The molecule has 0 aromatic carbocycles. The summed E-state index contributed by atoms with van der Waals surface area (Å²) in [6, 6.07) is 0. The van der Waals surface area contributed by atoms with Gasteiger partial charge in [0.05, 0.1) is 11.6 Å². The highest BCUT2D eigenvalue weighted by Gasteiger charge is 2.09. The van der Waals surface area contributed by atoms with E-state index in [9.17, 15) is 0 Å². The fourth-order valence-electron chi connectivity index (χ4n) is 1.61. The van der Waals surface area contributed by atoms with Crippen molar-refractivity contribution in [3.63, 3.8) is 0 Å². The molecule has 0 bridgehead atoms. The van der Waals surface area contributed by atoms with Crippen molar-refractivity contribution in [3.8, 4) is 0 Å². The van der Waals surface area contributed by atoms with E-state index in [2.05, 4.69) is 30.7 Å². The monoisotopic (exact) mass is 242 g/mol. The second kappa shape index (κ2) is 6.99. The lowest BCUT2D eigenvalue weighted by Crippen LogP contribution is -2.26. The zero-order valence-electron chi connectivity index (χ0n) is 10.4. The van der Waals surface area contributed by atoms with Crippen LogP contribution in [0.15, 0.2) is 6.20 Å². The van der Waals surface area contributed by atoms with E-state index in [-0.39, 0.29) is 6.61 Å². The number of rotatable bonds is 7. The van der Waals surface area contributed by atoms with Gasteiger partial charge in [-0.25, -0.2) is 4.98 Å². The quantitative estimate of drug-likeness (QED) is 0.798. The van der Waals surface area contributed by atoms with Crippen LogP contribution in [0.4, 0.5) is 0 Å². The number of aromatic nitrogens is 1. The van der Waals surface area contributed by atoms with Crippen LogP contribution in [0.1, 0.15) is 43.0 Å². The van der Waals surface area contributed by atoms with Crippen LogP contribution >= 0.6 is 11.3 Å². The molecule has 0 amide bonds. The minimum Gasteiger partial charge on any atom is -0.395 e. The fraction of sp³-hybridized carbons (Fsp3) is 0.750. The molecule has 0 saturated heterocycles. The summed E-state index contributed by atoms with van der Waals surface area (Å²) in [4.78, 5) is 7.99. The molecule has 0 fully saturated rings. The molecule has 0 spiro atoms. The molecule has 0 aliphatic rings. The van der Waals surface area contributed by atoms with Crippen LogP contribution in [0.2, 0.25) is 0 Å². The third-order valence-corrected chi connectivity index (χ3v) is 3.68. The van der Waals surface area contributed by atoms with Gasteiger partial charge < -0.3 is 5.11 Å². The summed E-state index contributed by atoms with van der Waals surface area (Å²) in [5, 5.41) is 10.2. The molecule has 0 atom stereocenters. The standard InChI is InChI=1S/C12H22N2OS/c1-4-5-14(6-7-15)9-11-8-13-12(16-11)10(2)3/h8,10,15H,4-7,9H2,1-3H3. The van der Waals surface area contributed by atoms with Crippen molar-refractivity contribution in [1.82, 2.24) is 9.88 Å². The Labute approximate surface area is 102 Å². The summed E-state index contributed by atoms with van der Waals surface area (Å²) >= 11 is 1.79. The van der Waals surface area contributed by atoms with Gasteiger partial charge in [-0.05, 0) is 13.0 Å². The Morgan fingerprint density at radius 1 is 1.44 bits per heavy atom. The molecular weight excluding hydrogens is 220 g/mol. The summed E-state index contributed by atoms with van der Waals surface area (Å²) in [6.07, 6.45) is 3.09. The van der Waals surface area contributed by atoms with E-state index in [4.69, 9.17) is 5.11 Å². The van der Waals surface area contributed by atoms with Crippen molar-refractivity contribution in [2.75, 3.05) is 19.7 Å². The molecule has 1 heterocycles. The highest BCUT2D eigenvalue weighted by molar-refractivity contribution is 7.11. The van der Waals surface area contributed by atoms with E-state index < -0.39 is 0 Å². The van der Waals surface area contributed by atoms with E-state index in [0.29, 0.717) is 5.92 Å². The lowest BCUT2D eigenvalue weighted by molar-refractivity contribution is 0.191. The zero-order chi connectivity index (χ0) is 12.0. The van der Waals surface area contributed by atoms with Crippen LogP contribution < -0.4 is 0 Å². The Morgan fingerprint density at radius 2 is 2.19 bits per heavy atom. The Bertz CT molecular complexity index is 293. The van der Waals surface area contributed by atoms with Crippen LogP contribution in [-0.2, 0) is 6.54 Å². The number of hydrogen-bond donors (Lipinski definition) is 1. The minimum atomic E-state index is 0.232. The molecule has 0 radical (unpaired) electrons. The SMILES string of the molecule is CCCN(CCO)Cc1cnc(C(C)C)s1. The average molecular weight is 242 g/mol. The van der Waals surface area contributed by atoms with Crippen LogP contribution in [-0.4, -0.2) is 34.7 Å². The summed E-state index contributed by atoms with van der Waals surface area (Å²) in [7, 11) is 0. The molecule has 1 aromatic rings. The third kappa shape index (κ3) is 4.20. The summed E-state index contributed by atoms with van der Waals surface area (Å²) in [5.74, 6) is 0.510. The smallest absolute Gasteiger partial charge is 0.0953 e. The van der Waals surface area contributed by atoms with E-state index in [1.54, 1.807) is 11.3 Å². The molecule has 1 aromatic heterocycles. The molecule has 0 saturated carbocycles. The molecule has 1 N–H and O–H groups in total. The highest BCUT2D eigenvalue weighted by Crippen LogP contribution is 2.22. The largest absolute Gasteiger partial charge is 0.395 e. The second-order valence-corrected chi connectivity index (χ2v) is 5.47. The van der Waals surface area contributed by atoms with Crippen LogP contribution in [0, 0.1) is 0 Å². The van der Waals surface area contributed by atoms with Gasteiger partial charge in [-0.15, -0.1) is 11.3 Å². The Hall–Kier alpha value is -0.450. The Morgan fingerprint density at radius 3 is 2.69 bits per heavy atom. The zero-order valence-corrected chi connectivity index (χ0v) is 11.3. The van der Waals surface area contributed by atoms with Gasteiger partial charge in [0.2, 0.25) is 0 Å². The van der Waals surface area contributed by atoms with Gasteiger partial charge >= 0.3 is 0 Å². The average Bonchev–Trinajstić information content (AvgIpc) is 2.67. The van der Waals surface area contributed by atoms with E-state index in [1.807, 2.05) is 6.20 Å². The number of aliphatic hydroxyl groups excluding tert-OH is 1. The van der Waals surface area contributed by atoms with Gasteiger partial charge in [0, 0.05) is 30.1 Å². The molecule has 0 aliphatic carbocycles. The summed E-state index contributed by atoms with van der Waals surface area (Å²) in [5.41, 5.74) is 0. The Balaban J connectivity index is 2.55. The molecule has 16 heavy (non-hydrogen) atoms. The maximum absolute atomic E-state index is 8.98. The van der Waals surface area contributed by atoms with Crippen molar-refractivity contribution in [2.45, 2.75) is 39.7 Å². The van der Waals surface area contributed by atoms with Gasteiger partial charge in [0.1, 0.15) is 0 Å². The van der Waals surface area contributed by atoms with Crippen molar-refractivity contribution < 1.29 is 5.11 Å². The maximum atomic E-state index is 8.98. The van der Waals surface area contributed by atoms with Crippen molar-refractivity contribution in [2.24, 2.45) is 0 Å². The predicted molar refractivity (Wildman–Crippen MR) is 68.9 cm³/mol. The molecule has 0 aliphatic heterocycles. The molecule has 0 unspecified atom stereocenters. The molecular formula is C12H22N2OS. The van der Waals surface area contributed by atoms with Gasteiger partial charge in [-0.3, -0.25) is 4.90 Å². The van der Waals surface area contributed by atoms with Crippen molar-refractivity contribution >= 4 is 11.3 Å². The first-order valence-corrected chi connectivity index (χ1v) is 6.76. The normalized spacial score (nSPS) is 11.6. The lowest BCUT2D eigenvalue weighted by Gasteiger charge is -2.19. The number of aliphatic hydroxyl groups is 1. The number of nitrogens with zero attached hydrogens (tertiary/aromatic N) is 2. The summed E-state index contributed by atoms with van der Waals surface area (Å²) in [6.45, 7) is 9.43. The highest BCUT2D eigenvalue weighted by atomic mass is 32.1. The molecule has 4 heteroatoms. The lowest BCUT2D eigenvalue weighted by atomic mass is 10.2. The van der Waals surface area contributed by atoms with E-state index in [1.165, 1.54) is 9.88 Å². The maximum Gasteiger partial charge on any atom is 0.0953 e. The molecule has 3 nitrogen and oxygen atoms in total. The Kier molecular flexibility index (Phi) is 5.95. The van der Waals surface area contributed by atoms with E-state index in [0.717, 1.165) is 26.1 Å². The van der Waals surface area contributed by atoms with Crippen LogP contribution in [0.3, 0.4) is 0 Å². The van der Waals surface area contributed by atoms with Crippen LogP contribution in [0.25, 0.3) is 0 Å². The number of hydrogen-bond acceptors (Lipinski definition) is 4. The first kappa shape index (κ1) is 13.6. The number of thiazole rings is 1. The predicted octanol–water partition coefficient (Wildman–Crippen LogP) is 2.47. The molecule has 92 valence electrons. The van der Waals surface area contributed by atoms with Crippen molar-refractivity contribution in [3.05, 3.63) is 16.1 Å². The summed E-state index contributed by atoms with van der Waals surface area (Å²) < 4.78 is 0. The third-order valence-electron chi connectivity index (χ3n) is 2.40. The fourth-order valence-corrected chi connectivity index (χ4v) is 2.57. The van der Waals surface area contributed by atoms with Gasteiger partial charge in [-0.2, -0.15) is 0 Å². The van der Waals surface area contributed by atoms with Crippen LogP contribution in [0.5, 0.6) is 0 Å². The van der Waals surface area contributed by atoms with Crippen molar-refractivity contribution in [1.29, 1.82) is 0 Å². The van der Waals surface area contributed by atoms with Gasteiger partial charge in [-0.1, -0.05) is 20.8 Å². The second-order valence-electron chi connectivity index (χ2n) is 4.32. The first-order valence-electron chi connectivity index (χ1n) is 5.95. The topological polar surface area (TPSA) is 36.4 Å². The van der Waals surface area contributed by atoms with E-state index >= 15 is 0 Å². The van der Waals surface area contributed by atoms with Gasteiger partial charge in [0.25, 0.3) is 0 Å².